The van der Waals surface area contributed by atoms with Crippen LogP contribution in [0.25, 0.3) is 0 Å². The molecule has 0 aromatic heterocycles. The van der Waals surface area contributed by atoms with Gasteiger partial charge >= 0.3 is 0 Å². The van der Waals surface area contributed by atoms with Crippen molar-refractivity contribution in [3.63, 3.8) is 0 Å². The van der Waals surface area contributed by atoms with Crippen LogP contribution in [-0.2, 0) is 5.41 Å². The van der Waals surface area contributed by atoms with Crippen LogP contribution in [0.2, 0.25) is 5.02 Å². The van der Waals surface area contributed by atoms with Gasteiger partial charge in [-0.3, -0.25) is 4.79 Å². The van der Waals surface area contributed by atoms with Crippen LogP contribution in [0.4, 0.5) is 0 Å². The van der Waals surface area contributed by atoms with Crippen molar-refractivity contribution in [1.82, 2.24) is 5.32 Å². The van der Waals surface area contributed by atoms with Crippen molar-refractivity contribution >= 4 is 33.4 Å². The highest BCUT2D eigenvalue weighted by molar-refractivity contribution is 9.10. The normalized spacial score (nSPS) is 15.8. The van der Waals surface area contributed by atoms with Gasteiger partial charge in [0.25, 0.3) is 5.91 Å². The number of rotatable bonds is 5. The summed E-state index contributed by atoms with van der Waals surface area (Å²) in [7, 11) is 1.67. The Hall–Kier alpha value is -1.52. The predicted octanol–water partition coefficient (Wildman–Crippen LogP) is 5.35. The smallest absolute Gasteiger partial charge is 0.252 e. The van der Waals surface area contributed by atoms with E-state index in [0.29, 0.717) is 17.1 Å². The molecule has 0 saturated heterocycles. The Kier molecular flexibility index (Phi) is 5.70. The van der Waals surface area contributed by atoms with Crippen LogP contribution in [0.5, 0.6) is 5.75 Å². The lowest BCUT2D eigenvalue weighted by Gasteiger charge is -2.30. The minimum Gasteiger partial charge on any atom is -0.497 e. The second kappa shape index (κ2) is 7.79. The first-order chi connectivity index (χ1) is 12.0. The fraction of sp³-hybridized carbons (Fsp3) is 0.350. The van der Waals surface area contributed by atoms with Gasteiger partial charge in [0, 0.05) is 16.4 Å². The molecule has 25 heavy (non-hydrogen) atoms. The number of methoxy groups -OCH3 is 1. The summed E-state index contributed by atoms with van der Waals surface area (Å²) in [5.74, 6) is 0.716. The van der Waals surface area contributed by atoms with Gasteiger partial charge in [0.1, 0.15) is 5.75 Å². The maximum Gasteiger partial charge on any atom is 0.252 e. The van der Waals surface area contributed by atoms with Crippen molar-refractivity contribution in [2.75, 3.05) is 13.7 Å². The van der Waals surface area contributed by atoms with E-state index in [1.165, 1.54) is 18.4 Å². The summed E-state index contributed by atoms with van der Waals surface area (Å²) in [4.78, 5) is 12.6. The van der Waals surface area contributed by atoms with Gasteiger partial charge in [-0.2, -0.15) is 0 Å². The number of halogens is 2. The topological polar surface area (TPSA) is 38.3 Å². The molecule has 1 aliphatic carbocycles. The number of hydrogen-bond acceptors (Lipinski definition) is 2. The highest BCUT2D eigenvalue weighted by Crippen LogP contribution is 2.41. The number of carbonyl (C=O) groups is 1. The molecule has 2 aromatic carbocycles. The highest BCUT2D eigenvalue weighted by atomic mass is 79.9. The second-order valence-electron chi connectivity index (χ2n) is 6.52. The zero-order valence-electron chi connectivity index (χ0n) is 14.1. The Balaban J connectivity index is 1.78. The minimum atomic E-state index is -0.133. The fourth-order valence-corrected chi connectivity index (χ4v) is 4.14. The van der Waals surface area contributed by atoms with Gasteiger partial charge in [-0.05, 0) is 48.7 Å². The molecule has 0 radical (unpaired) electrons. The first-order valence-corrected chi connectivity index (χ1v) is 9.59. The largest absolute Gasteiger partial charge is 0.497 e. The summed E-state index contributed by atoms with van der Waals surface area (Å²) in [6, 6.07) is 13.5. The molecule has 1 N–H and O–H groups in total. The van der Waals surface area contributed by atoms with Crippen LogP contribution in [0.15, 0.2) is 46.9 Å². The summed E-state index contributed by atoms with van der Waals surface area (Å²) in [5, 5.41) is 3.56. The summed E-state index contributed by atoms with van der Waals surface area (Å²) in [6.07, 6.45) is 4.51. The average Bonchev–Trinajstić information content (AvgIpc) is 3.12. The third-order valence-corrected chi connectivity index (χ3v) is 5.85. The van der Waals surface area contributed by atoms with Crippen molar-refractivity contribution in [2.24, 2.45) is 0 Å². The summed E-state index contributed by atoms with van der Waals surface area (Å²) < 4.78 is 6.10. The lowest BCUT2D eigenvalue weighted by Crippen LogP contribution is -2.39. The summed E-state index contributed by atoms with van der Waals surface area (Å²) >= 11 is 9.57. The first-order valence-electron chi connectivity index (χ1n) is 8.42. The fourth-order valence-electron chi connectivity index (χ4n) is 3.58. The number of hydrogen-bond donors (Lipinski definition) is 1. The van der Waals surface area contributed by atoms with Gasteiger partial charge in [-0.1, -0.05) is 52.5 Å². The Morgan fingerprint density at radius 2 is 1.88 bits per heavy atom. The van der Waals surface area contributed by atoms with Crippen LogP contribution in [0, 0.1) is 0 Å². The molecule has 1 amide bonds. The summed E-state index contributed by atoms with van der Waals surface area (Å²) in [6.45, 7) is 0.612. The Labute approximate surface area is 161 Å². The van der Waals surface area contributed by atoms with Gasteiger partial charge < -0.3 is 10.1 Å². The van der Waals surface area contributed by atoms with Gasteiger partial charge in [0.05, 0.1) is 17.7 Å². The van der Waals surface area contributed by atoms with E-state index in [1.54, 1.807) is 19.2 Å². The van der Waals surface area contributed by atoms with E-state index in [-0.39, 0.29) is 11.3 Å². The molecular formula is C20H21BrClNO2. The number of carbonyl (C=O) groups excluding carboxylic acids is 1. The molecule has 1 saturated carbocycles. The Morgan fingerprint density at radius 3 is 2.52 bits per heavy atom. The van der Waals surface area contributed by atoms with Crippen LogP contribution in [-0.4, -0.2) is 19.6 Å². The van der Waals surface area contributed by atoms with Crippen LogP contribution in [0.1, 0.15) is 41.6 Å². The van der Waals surface area contributed by atoms with E-state index in [9.17, 15) is 4.79 Å². The van der Waals surface area contributed by atoms with Crippen molar-refractivity contribution in [3.8, 4) is 5.75 Å². The van der Waals surface area contributed by atoms with Crippen LogP contribution < -0.4 is 10.1 Å². The predicted molar refractivity (Wildman–Crippen MR) is 105 cm³/mol. The standard InChI is InChI=1S/C20H21BrClNO2/c1-25-16-7-4-14(5-8-16)20(10-2-3-11-20)13-23-19(24)17-12-15(21)6-9-18(17)22/h4-9,12H,2-3,10-11,13H2,1H3,(H,23,24). The molecule has 0 aliphatic heterocycles. The second-order valence-corrected chi connectivity index (χ2v) is 7.85. The third kappa shape index (κ3) is 4.01. The quantitative estimate of drug-likeness (QED) is 0.705. The molecule has 1 fully saturated rings. The molecule has 2 aromatic rings. The molecule has 0 unspecified atom stereocenters. The molecule has 0 bridgehead atoms. The minimum absolute atomic E-state index is 0.0135. The molecule has 1 aliphatic rings. The molecule has 0 atom stereocenters. The summed E-state index contributed by atoms with van der Waals surface area (Å²) in [5.41, 5.74) is 1.74. The van der Waals surface area contributed by atoms with E-state index in [0.717, 1.165) is 23.1 Å². The molecule has 5 heteroatoms. The number of benzene rings is 2. The zero-order valence-corrected chi connectivity index (χ0v) is 16.5. The van der Waals surface area contributed by atoms with Gasteiger partial charge in [-0.25, -0.2) is 0 Å². The van der Waals surface area contributed by atoms with Gasteiger partial charge in [0.2, 0.25) is 0 Å². The van der Waals surface area contributed by atoms with Crippen LogP contribution in [0.3, 0.4) is 0 Å². The lowest BCUT2D eigenvalue weighted by molar-refractivity contribution is 0.0943. The molecule has 3 nitrogen and oxygen atoms in total. The Bertz CT molecular complexity index is 755. The van der Waals surface area contributed by atoms with E-state index in [2.05, 4.69) is 33.4 Å². The van der Waals surface area contributed by atoms with Crippen molar-refractivity contribution < 1.29 is 9.53 Å². The van der Waals surface area contributed by atoms with E-state index >= 15 is 0 Å². The molecule has 3 rings (SSSR count). The average molecular weight is 423 g/mol. The number of ether oxygens (including phenoxy) is 1. The van der Waals surface area contributed by atoms with E-state index in [4.69, 9.17) is 16.3 Å². The van der Waals surface area contributed by atoms with Crippen LogP contribution >= 0.6 is 27.5 Å². The Morgan fingerprint density at radius 1 is 1.20 bits per heavy atom. The maximum absolute atomic E-state index is 12.6. The van der Waals surface area contributed by atoms with Crippen molar-refractivity contribution in [3.05, 3.63) is 63.1 Å². The zero-order chi connectivity index (χ0) is 17.9. The van der Waals surface area contributed by atoms with E-state index < -0.39 is 0 Å². The van der Waals surface area contributed by atoms with Crippen molar-refractivity contribution in [1.29, 1.82) is 0 Å². The number of nitrogens with one attached hydrogen (secondary N) is 1. The maximum atomic E-state index is 12.6. The molecule has 132 valence electrons. The number of amides is 1. The molecule has 0 spiro atoms. The first kappa shape index (κ1) is 18.3. The SMILES string of the molecule is COc1ccc(C2(CNC(=O)c3cc(Br)ccc3Cl)CCCC2)cc1. The van der Waals surface area contributed by atoms with Gasteiger partial charge in [-0.15, -0.1) is 0 Å². The van der Waals surface area contributed by atoms with Gasteiger partial charge in [0.15, 0.2) is 0 Å². The molecule has 0 heterocycles. The van der Waals surface area contributed by atoms with E-state index in [1.807, 2.05) is 18.2 Å². The highest BCUT2D eigenvalue weighted by Gasteiger charge is 2.36. The monoisotopic (exact) mass is 421 g/mol. The molecular weight excluding hydrogens is 402 g/mol. The third-order valence-electron chi connectivity index (χ3n) is 5.02. The van der Waals surface area contributed by atoms with Crippen molar-refractivity contribution in [2.45, 2.75) is 31.1 Å². The lowest BCUT2D eigenvalue weighted by atomic mass is 9.78.